The molecule has 1 saturated heterocycles. The van der Waals surface area contributed by atoms with E-state index in [-0.39, 0.29) is 5.82 Å². The van der Waals surface area contributed by atoms with Crippen LogP contribution in [0.25, 0.3) is 0 Å². The molecule has 1 heterocycles. The summed E-state index contributed by atoms with van der Waals surface area (Å²) in [5.74, 6) is 2.01. The molecule has 1 aliphatic rings. The highest BCUT2D eigenvalue weighted by Crippen LogP contribution is 2.20. The van der Waals surface area contributed by atoms with Gasteiger partial charge >= 0.3 is 0 Å². The van der Waals surface area contributed by atoms with Crippen LogP contribution in [0, 0.1) is 11.7 Å². The van der Waals surface area contributed by atoms with Gasteiger partial charge < -0.3 is 14.8 Å². The lowest BCUT2D eigenvalue weighted by Gasteiger charge is -2.22. The van der Waals surface area contributed by atoms with Crippen molar-refractivity contribution in [3.8, 4) is 11.5 Å². The Bertz CT molecular complexity index is 609. The Morgan fingerprint density at radius 2 is 1.65 bits per heavy atom. The summed E-state index contributed by atoms with van der Waals surface area (Å²) >= 11 is 0. The molecule has 0 bridgehead atoms. The van der Waals surface area contributed by atoms with E-state index in [9.17, 15) is 4.39 Å². The van der Waals surface area contributed by atoms with E-state index in [1.165, 1.54) is 25.0 Å². The van der Waals surface area contributed by atoms with Crippen LogP contribution in [0.1, 0.15) is 18.4 Å². The van der Waals surface area contributed by atoms with Crippen LogP contribution >= 0.6 is 0 Å². The zero-order chi connectivity index (χ0) is 15.9. The zero-order valence-electron chi connectivity index (χ0n) is 13.1. The summed E-state index contributed by atoms with van der Waals surface area (Å²) < 4.78 is 24.6. The van der Waals surface area contributed by atoms with Gasteiger partial charge in [-0.15, -0.1) is 0 Å². The predicted octanol–water partition coefficient (Wildman–Crippen LogP) is 3.78. The van der Waals surface area contributed by atoms with E-state index in [1.54, 1.807) is 6.07 Å². The maximum absolute atomic E-state index is 13.1. The van der Waals surface area contributed by atoms with Crippen molar-refractivity contribution in [3.63, 3.8) is 0 Å². The molecular weight excluding hydrogens is 293 g/mol. The first kappa shape index (κ1) is 15.8. The first-order valence-electron chi connectivity index (χ1n) is 8.10. The maximum atomic E-state index is 13.1. The van der Waals surface area contributed by atoms with Crippen molar-refractivity contribution in [1.29, 1.82) is 0 Å². The van der Waals surface area contributed by atoms with Gasteiger partial charge in [-0.3, -0.25) is 0 Å². The van der Waals surface area contributed by atoms with E-state index in [0.29, 0.717) is 12.5 Å². The van der Waals surface area contributed by atoms with E-state index >= 15 is 0 Å². The minimum Gasteiger partial charge on any atom is -0.493 e. The van der Waals surface area contributed by atoms with Crippen LogP contribution in [0.4, 0.5) is 4.39 Å². The molecular formula is C19H22FNO2. The number of hydrogen-bond donors (Lipinski definition) is 1. The molecule has 0 saturated carbocycles. The summed E-state index contributed by atoms with van der Waals surface area (Å²) in [5, 5.41) is 3.36. The van der Waals surface area contributed by atoms with Crippen LogP contribution < -0.4 is 14.8 Å². The molecule has 122 valence electrons. The van der Waals surface area contributed by atoms with Gasteiger partial charge in [-0.2, -0.15) is 0 Å². The number of hydrogen-bond acceptors (Lipinski definition) is 3. The molecule has 0 aromatic heterocycles. The van der Waals surface area contributed by atoms with Crippen molar-refractivity contribution >= 4 is 0 Å². The van der Waals surface area contributed by atoms with E-state index in [4.69, 9.17) is 9.47 Å². The number of rotatable bonds is 6. The maximum Gasteiger partial charge on any atom is 0.123 e. The van der Waals surface area contributed by atoms with Crippen LogP contribution in [0.5, 0.6) is 11.5 Å². The number of ether oxygens (including phenoxy) is 2. The fraction of sp³-hybridized carbons (Fsp3) is 0.368. The monoisotopic (exact) mass is 315 g/mol. The van der Waals surface area contributed by atoms with Gasteiger partial charge in [0.1, 0.15) is 23.9 Å². The smallest absolute Gasteiger partial charge is 0.123 e. The molecule has 2 aromatic rings. The third-order valence-corrected chi connectivity index (χ3v) is 4.06. The van der Waals surface area contributed by atoms with Crippen molar-refractivity contribution in [1.82, 2.24) is 5.32 Å². The van der Waals surface area contributed by atoms with Crippen LogP contribution in [-0.4, -0.2) is 19.7 Å². The van der Waals surface area contributed by atoms with E-state index in [1.807, 2.05) is 30.3 Å². The number of benzene rings is 2. The first-order valence-corrected chi connectivity index (χ1v) is 8.10. The molecule has 3 rings (SSSR count). The molecule has 1 N–H and O–H groups in total. The summed E-state index contributed by atoms with van der Waals surface area (Å²) in [6.07, 6.45) is 2.35. The van der Waals surface area contributed by atoms with Gasteiger partial charge in [-0.05, 0) is 73.8 Å². The number of nitrogens with one attached hydrogen (secondary N) is 1. The van der Waals surface area contributed by atoms with Crippen molar-refractivity contribution in [2.45, 2.75) is 19.4 Å². The Labute approximate surface area is 136 Å². The SMILES string of the molecule is Fc1cccc(COc2ccc(OCC3CCNCC3)cc2)c1. The summed E-state index contributed by atoms with van der Waals surface area (Å²) in [7, 11) is 0. The second kappa shape index (κ2) is 7.97. The summed E-state index contributed by atoms with van der Waals surface area (Å²) in [6, 6.07) is 14.1. The minimum absolute atomic E-state index is 0.243. The molecule has 0 atom stereocenters. The van der Waals surface area contributed by atoms with Gasteiger partial charge in [0.2, 0.25) is 0 Å². The fourth-order valence-corrected chi connectivity index (χ4v) is 2.69. The first-order chi connectivity index (χ1) is 11.3. The zero-order valence-corrected chi connectivity index (χ0v) is 13.1. The summed E-state index contributed by atoms with van der Waals surface area (Å²) in [6.45, 7) is 3.29. The third kappa shape index (κ3) is 4.96. The lowest BCUT2D eigenvalue weighted by Crippen LogP contribution is -2.30. The highest BCUT2D eigenvalue weighted by Gasteiger charge is 2.13. The van der Waals surface area contributed by atoms with Gasteiger partial charge in [0.05, 0.1) is 6.61 Å². The Hall–Kier alpha value is -2.07. The molecule has 4 heteroatoms. The van der Waals surface area contributed by atoms with Gasteiger partial charge in [0, 0.05) is 0 Å². The van der Waals surface area contributed by atoms with Gasteiger partial charge in [-0.25, -0.2) is 4.39 Å². The quantitative estimate of drug-likeness (QED) is 0.880. The standard InChI is InChI=1S/C19H22FNO2/c20-17-3-1-2-16(12-17)14-23-19-6-4-18(5-7-19)22-13-15-8-10-21-11-9-15/h1-7,12,15,21H,8-11,13-14H2. The van der Waals surface area contributed by atoms with Crippen LogP contribution in [-0.2, 0) is 6.61 Å². The molecule has 2 aromatic carbocycles. The van der Waals surface area contributed by atoms with Gasteiger partial charge in [-0.1, -0.05) is 12.1 Å². The molecule has 1 fully saturated rings. The topological polar surface area (TPSA) is 30.5 Å². The van der Waals surface area contributed by atoms with Crippen LogP contribution in [0.2, 0.25) is 0 Å². The second-order valence-corrected chi connectivity index (χ2v) is 5.89. The second-order valence-electron chi connectivity index (χ2n) is 5.89. The highest BCUT2D eigenvalue weighted by atomic mass is 19.1. The van der Waals surface area contributed by atoms with Crippen molar-refractivity contribution in [2.24, 2.45) is 5.92 Å². The molecule has 0 radical (unpaired) electrons. The van der Waals surface area contributed by atoms with E-state index in [0.717, 1.165) is 36.8 Å². The normalized spacial score (nSPS) is 15.3. The molecule has 0 unspecified atom stereocenters. The number of halogens is 1. The lowest BCUT2D eigenvalue weighted by molar-refractivity contribution is 0.215. The molecule has 23 heavy (non-hydrogen) atoms. The van der Waals surface area contributed by atoms with Crippen LogP contribution in [0.3, 0.4) is 0 Å². The van der Waals surface area contributed by atoms with Crippen LogP contribution in [0.15, 0.2) is 48.5 Å². The third-order valence-electron chi connectivity index (χ3n) is 4.06. The van der Waals surface area contributed by atoms with Crippen molar-refractivity contribution in [3.05, 3.63) is 59.9 Å². The highest BCUT2D eigenvalue weighted by molar-refractivity contribution is 5.31. The predicted molar refractivity (Wildman–Crippen MR) is 88.3 cm³/mol. The Kier molecular flexibility index (Phi) is 5.48. The van der Waals surface area contributed by atoms with Gasteiger partial charge in [0.25, 0.3) is 0 Å². The molecule has 0 amide bonds. The van der Waals surface area contributed by atoms with Crippen molar-refractivity contribution in [2.75, 3.05) is 19.7 Å². The Morgan fingerprint density at radius 3 is 2.35 bits per heavy atom. The van der Waals surface area contributed by atoms with E-state index < -0.39 is 0 Å². The number of piperidine rings is 1. The van der Waals surface area contributed by atoms with E-state index in [2.05, 4.69) is 5.32 Å². The molecule has 3 nitrogen and oxygen atoms in total. The molecule has 0 spiro atoms. The minimum atomic E-state index is -0.243. The summed E-state index contributed by atoms with van der Waals surface area (Å²) in [4.78, 5) is 0. The van der Waals surface area contributed by atoms with Gasteiger partial charge in [0.15, 0.2) is 0 Å². The average Bonchev–Trinajstić information content (AvgIpc) is 2.60. The largest absolute Gasteiger partial charge is 0.493 e. The van der Waals surface area contributed by atoms with Crippen molar-refractivity contribution < 1.29 is 13.9 Å². The molecule has 1 aliphatic heterocycles. The molecule has 0 aliphatic carbocycles. The fourth-order valence-electron chi connectivity index (χ4n) is 2.69. The Morgan fingerprint density at radius 1 is 0.957 bits per heavy atom. The average molecular weight is 315 g/mol. The Balaban J connectivity index is 1.46. The summed E-state index contributed by atoms with van der Waals surface area (Å²) in [5.41, 5.74) is 0.816. The lowest BCUT2D eigenvalue weighted by atomic mass is 9.99.